The average Bonchev–Trinajstić information content (AvgIpc) is 2.97. The first-order valence-electron chi connectivity index (χ1n) is 5.84. The standard InChI is InChI=1S/C13H12N2O2S/c16-10-4-1-3-9-12(10)8(7-14-9)13(17)15-11-5-2-6-18-11/h2,5-7,14H,1,3-4H2,(H,15,17). The van der Waals surface area contributed by atoms with Crippen LogP contribution in [0.2, 0.25) is 0 Å². The number of ketones is 1. The maximum absolute atomic E-state index is 12.1. The normalized spacial score (nSPS) is 14.3. The van der Waals surface area contributed by atoms with Crippen LogP contribution in [0.5, 0.6) is 0 Å². The van der Waals surface area contributed by atoms with Crippen LogP contribution in [0.4, 0.5) is 5.00 Å². The third-order valence-electron chi connectivity index (χ3n) is 3.07. The van der Waals surface area contributed by atoms with Crippen molar-refractivity contribution in [2.45, 2.75) is 19.3 Å². The molecule has 18 heavy (non-hydrogen) atoms. The molecular weight excluding hydrogens is 248 g/mol. The second kappa shape index (κ2) is 4.42. The molecule has 2 aromatic heterocycles. The monoisotopic (exact) mass is 260 g/mol. The second-order valence-corrected chi connectivity index (χ2v) is 5.21. The molecule has 2 heterocycles. The zero-order valence-electron chi connectivity index (χ0n) is 9.66. The molecule has 1 aliphatic rings. The summed E-state index contributed by atoms with van der Waals surface area (Å²) < 4.78 is 0. The molecule has 0 aliphatic heterocycles. The van der Waals surface area contributed by atoms with E-state index in [1.165, 1.54) is 11.3 Å². The lowest BCUT2D eigenvalue weighted by Gasteiger charge is -2.11. The molecule has 5 heteroatoms. The molecular formula is C13H12N2O2S. The second-order valence-electron chi connectivity index (χ2n) is 4.26. The molecule has 0 saturated heterocycles. The number of hydrogen-bond acceptors (Lipinski definition) is 3. The van der Waals surface area contributed by atoms with Crippen LogP contribution in [0.25, 0.3) is 0 Å². The third kappa shape index (κ3) is 1.86. The highest BCUT2D eigenvalue weighted by Gasteiger charge is 2.25. The predicted molar refractivity (Wildman–Crippen MR) is 70.3 cm³/mol. The van der Waals surface area contributed by atoms with Crippen LogP contribution >= 0.6 is 11.3 Å². The topological polar surface area (TPSA) is 62.0 Å². The largest absolute Gasteiger partial charge is 0.364 e. The summed E-state index contributed by atoms with van der Waals surface area (Å²) in [5, 5.41) is 5.49. The van der Waals surface area contributed by atoms with E-state index in [2.05, 4.69) is 10.3 Å². The molecule has 0 atom stereocenters. The fourth-order valence-corrected chi connectivity index (χ4v) is 2.85. The average molecular weight is 260 g/mol. The summed E-state index contributed by atoms with van der Waals surface area (Å²) in [7, 11) is 0. The van der Waals surface area contributed by atoms with Crippen molar-refractivity contribution in [2.24, 2.45) is 0 Å². The number of thiophene rings is 1. The van der Waals surface area contributed by atoms with Crippen molar-refractivity contribution in [3.8, 4) is 0 Å². The number of aromatic nitrogens is 1. The predicted octanol–water partition coefficient (Wildman–Crippen LogP) is 2.85. The van der Waals surface area contributed by atoms with Crippen molar-refractivity contribution in [3.05, 3.63) is 40.5 Å². The van der Waals surface area contributed by atoms with Gasteiger partial charge in [-0.15, -0.1) is 11.3 Å². The fraction of sp³-hybridized carbons (Fsp3) is 0.231. The van der Waals surface area contributed by atoms with Crippen LogP contribution in [-0.4, -0.2) is 16.7 Å². The van der Waals surface area contributed by atoms with E-state index in [1.807, 2.05) is 17.5 Å². The van der Waals surface area contributed by atoms with Gasteiger partial charge in [0.25, 0.3) is 5.91 Å². The van der Waals surface area contributed by atoms with E-state index < -0.39 is 0 Å². The van der Waals surface area contributed by atoms with Crippen molar-refractivity contribution >= 4 is 28.0 Å². The van der Waals surface area contributed by atoms with E-state index >= 15 is 0 Å². The number of H-pyrrole nitrogens is 1. The number of amides is 1. The first kappa shape index (κ1) is 11.2. The Morgan fingerprint density at radius 1 is 1.39 bits per heavy atom. The smallest absolute Gasteiger partial charge is 0.258 e. The molecule has 4 nitrogen and oxygen atoms in total. The molecule has 92 valence electrons. The molecule has 3 rings (SSSR count). The third-order valence-corrected chi connectivity index (χ3v) is 3.86. The Morgan fingerprint density at radius 3 is 3.06 bits per heavy atom. The number of aromatic amines is 1. The van der Waals surface area contributed by atoms with Gasteiger partial charge in [-0.05, 0) is 30.4 Å². The minimum atomic E-state index is -0.217. The van der Waals surface area contributed by atoms with Gasteiger partial charge in [0.1, 0.15) is 0 Å². The molecule has 2 aromatic rings. The number of rotatable bonds is 2. The number of anilines is 1. The number of carbonyl (C=O) groups excluding carboxylic acids is 2. The number of hydrogen-bond donors (Lipinski definition) is 2. The zero-order chi connectivity index (χ0) is 12.5. The van der Waals surface area contributed by atoms with E-state index in [0.29, 0.717) is 17.5 Å². The summed E-state index contributed by atoms with van der Waals surface area (Å²) in [6.45, 7) is 0. The summed E-state index contributed by atoms with van der Waals surface area (Å²) in [4.78, 5) is 27.0. The van der Waals surface area contributed by atoms with Gasteiger partial charge in [0.05, 0.1) is 16.1 Å². The highest BCUT2D eigenvalue weighted by atomic mass is 32.1. The Morgan fingerprint density at radius 2 is 2.28 bits per heavy atom. The van der Waals surface area contributed by atoms with Gasteiger partial charge in [-0.2, -0.15) is 0 Å². The summed E-state index contributed by atoms with van der Waals surface area (Å²) in [5.74, 6) is -0.154. The zero-order valence-corrected chi connectivity index (χ0v) is 10.5. The first-order valence-corrected chi connectivity index (χ1v) is 6.72. The Bertz CT molecular complexity index is 599. The molecule has 2 N–H and O–H groups in total. The maximum Gasteiger partial charge on any atom is 0.258 e. The van der Waals surface area contributed by atoms with Crippen molar-refractivity contribution in [1.29, 1.82) is 0 Å². The SMILES string of the molecule is O=C(Nc1cccs1)c1c[nH]c2c1C(=O)CCC2. The van der Waals surface area contributed by atoms with E-state index in [0.717, 1.165) is 23.5 Å². The van der Waals surface area contributed by atoms with Gasteiger partial charge in [0, 0.05) is 18.3 Å². The van der Waals surface area contributed by atoms with Crippen LogP contribution in [0.1, 0.15) is 39.3 Å². The molecule has 0 saturated carbocycles. The molecule has 0 unspecified atom stereocenters. The number of nitrogens with one attached hydrogen (secondary N) is 2. The van der Waals surface area contributed by atoms with Crippen molar-refractivity contribution in [1.82, 2.24) is 4.98 Å². The highest BCUT2D eigenvalue weighted by molar-refractivity contribution is 7.14. The lowest BCUT2D eigenvalue weighted by Crippen LogP contribution is -2.17. The summed E-state index contributed by atoms with van der Waals surface area (Å²) >= 11 is 1.46. The lowest BCUT2D eigenvalue weighted by atomic mass is 9.93. The molecule has 0 spiro atoms. The quantitative estimate of drug-likeness (QED) is 0.872. The fourth-order valence-electron chi connectivity index (χ4n) is 2.24. The minimum absolute atomic E-state index is 0.0637. The van der Waals surface area contributed by atoms with Gasteiger partial charge in [-0.3, -0.25) is 9.59 Å². The Labute approximate surface area is 108 Å². The van der Waals surface area contributed by atoms with Crippen LogP contribution < -0.4 is 5.32 Å². The maximum atomic E-state index is 12.1. The summed E-state index contributed by atoms with van der Waals surface area (Å²) in [6.07, 6.45) is 3.87. The Balaban J connectivity index is 1.91. The number of Topliss-reactive ketones (excluding diaryl/α,β-unsaturated/α-hetero) is 1. The van der Waals surface area contributed by atoms with Crippen molar-refractivity contribution in [3.63, 3.8) is 0 Å². The molecule has 0 bridgehead atoms. The number of fused-ring (bicyclic) bond motifs is 1. The molecule has 1 amide bonds. The first-order chi connectivity index (χ1) is 8.75. The molecule has 1 aliphatic carbocycles. The molecule has 0 fully saturated rings. The van der Waals surface area contributed by atoms with Crippen molar-refractivity contribution in [2.75, 3.05) is 5.32 Å². The summed E-state index contributed by atoms with van der Waals surface area (Å²) in [6, 6.07) is 3.71. The number of aryl methyl sites for hydroxylation is 1. The van der Waals surface area contributed by atoms with Crippen LogP contribution in [-0.2, 0) is 6.42 Å². The minimum Gasteiger partial charge on any atom is -0.364 e. The van der Waals surface area contributed by atoms with E-state index in [-0.39, 0.29) is 11.7 Å². The van der Waals surface area contributed by atoms with Gasteiger partial charge in [0.2, 0.25) is 0 Å². The molecule has 0 radical (unpaired) electrons. The van der Waals surface area contributed by atoms with Gasteiger partial charge >= 0.3 is 0 Å². The summed E-state index contributed by atoms with van der Waals surface area (Å²) in [5.41, 5.74) is 1.93. The lowest BCUT2D eigenvalue weighted by molar-refractivity contribution is 0.0956. The van der Waals surface area contributed by atoms with Crippen LogP contribution in [0.15, 0.2) is 23.7 Å². The van der Waals surface area contributed by atoms with E-state index in [9.17, 15) is 9.59 Å². The van der Waals surface area contributed by atoms with Gasteiger partial charge in [0.15, 0.2) is 5.78 Å². The Kier molecular flexibility index (Phi) is 2.76. The highest BCUT2D eigenvalue weighted by Crippen LogP contribution is 2.25. The number of carbonyl (C=O) groups is 2. The van der Waals surface area contributed by atoms with Gasteiger partial charge in [-0.25, -0.2) is 0 Å². The van der Waals surface area contributed by atoms with E-state index in [1.54, 1.807) is 6.20 Å². The van der Waals surface area contributed by atoms with Gasteiger partial charge in [-0.1, -0.05) is 0 Å². The van der Waals surface area contributed by atoms with Crippen LogP contribution in [0.3, 0.4) is 0 Å². The van der Waals surface area contributed by atoms with E-state index in [4.69, 9.17) is 0 Å². The molecule has 0 aromatic carbocycles. The van der Waals surface area contributed by atoms with Gasteiger partial charge < -0.3 is 10.3 Å². The van der Waals surface area contributed by atoms with Crippen molar-refractivity contribution < 1.29 is 9.59 Å². The Hall–Kier alpha value is -1.88. The van der Waals surface area contributed by atoms with Crippen LogP contribution in [0, 0.1) is 0 Å².